The molecule has 0 aromatic heterocycles. The highest BCUT2D eigenvalue weighted by Crippen LogP contribution is 2.39. The molecule has 0 aliphatic carbocycles. The first kappa shape index (κ1) is 15.2. The molecule has 1 aromatic carbocycles. The summed E-state index contributed by atoms with van der Waals surface area (Å²) >= 11 is 0. The summed E-state index contributed by atoms with van der Waals surface area (Å²) in [5.41, 5.74) is 0.594. The van der Waals surface area contributed by atoms with Gasteiger partial charge in [0.2, 0.25) is 5.75 Å². The van der Waals surface area contributed by atoms with Gasteiger partial charge >= 0.3 is 6.03 Å². The topological polar surface area (TPSA) is 74.1 Å². The summed E-state index contributed by atoms with van der Waals surface area (Å²) in [7, 11) is 4.61. The zero-order valence-corrected chi connectivity index (χ0v) is 12.5. The van der Waals surface area contributed by atoms with E-state index in [4.69, 9.17) is 14.2 Å². The number of nitrogens with one attached hydrogen (secondary N) is 1. The van der Waals surface area contributed by atoms with Crippen molar-refractivity contribution in [1.82, 2.24) is 10.2 Å². The predicted molar refractivity (Wildman–Crippen MR) is 78.6 cm³/mol. The second-order valence-corrected chi connectivity index (χ2v) is 4.50. The zero-order chi connectivity index (χ0) is 15.2. The largest absolute Gasteiger partial charge is 0.493 e. The predicted octanol–water partition coefficient (Wildman–Crippen LogP) is 1.16. The average molecular weight is 294 g/mol. The minimum absolute atomic E-state index is 0.154. The lowest BCUT2D eigenvalue weighted by Gasteiger charge is -2.26. The molecule has 1 aliphatic rings. The summed E-state index contributed by atoms with van der Waals surface area (Å²) in [5.74, 6) is 1.50. The van der Waals surface area contributed by atoms with Crippen molar-refractivity contribution in [3.63, 3.8) is 0 Å². The van der Waals surface area contributed by atoms with E-state index < -0.39 is 0 Å². The summed E-state index contributed by atoms with van der Waals surface area (Å²) in [6, 6.07) is 3.25. The SMILES string of the molecule is COc1cc(NC(=O)N2CC[N]CC2)cc(OC)c1OC. The quantitative estimate of drug-likeness (QED) is 0.904. The van der Waals surface area contributed by atoms with Gasteiger partial charge in [-0.05, 0) is 0 Å². The van der Waals surface area contributed by atoms with Gasteiger partial charge in [-0.15, -0.1) is 0 Å². The van der Waals surface area contributed by atoms with Crippen molar-refractivity contribution in [2.24, 2.45) is 0 Å². The lowest BCUT2D eigenvalue weighted by atomic mass is 10.2. The fourth-order valence-corrected chi connectivity index (χ4v) is 2.17. The van der Waals surface area contributed by atoms with Gasteiger partial charge < -0.3 is 24.4 Å². The van der Waals surface area contributed by atoms with Gasteiger partial charge in [-0.2, -0.15) is 0 Å². The monoisotopic (exact) mass is 294 g/mol. The third-order valence-electron chi connectivity index (χ3n) is 3.26. The van der Waals surface area contributed by atoms with Crippen LogP contribution in [0.2, 0.25) is 0 Å². The lowest BCUT2D eigenvalue weighted by molar-refractivity contribution is 0.203. The number of ether oxygens (including phenoxy) is 3. The van der Waals surface area contributed by atoms with Crippen molar-refractivity contribution < 1.29 is 19.0 Å². The van der Waals surface area contributed by atoms with Crippen LogP contribution in [0.1, 0.15) is 0 Å². The number of anilines is 1. The number of urea groups is 1. The first-order chi connectivity index (χ1) is 10.2. The molecule has 0 spiro atoms. The van der Waals surface area contributed by atoms with Gasteiger partial charge in [0, 0.05) is 38.3 Å². The minimum atomic E-state index is -0.154. The van der Waals surface area contributed by atoms with E-state index >= 15 is 0 Å². The van der Waals surface area contributed by atoms with Crippen LogP contribution >= 0.6 is 0 Å². The Balaban J connectivity index is 2.17. The number of hydrogen-bond donors (Lipinski definition) is 1. The van der Waals surface area contributed by atoms with E-state index in [0.717, 1.165) is 0 Å². The van der Waals surface area contributed by atoms with Gasteiger partial charge in [-0.1, -0.05) is 0 Å². The number of hydrogen-bond acceptors (Lipinski definition) is 4. The minimum Gasteiger partial charge on any atom is -0.493 e. The van der Waals surface area contributed by atoms with Crippen LogP contribution in [0.15, 0.2) is 12.1 Å². The third kappa shape index (κ3) is 3.49. The maximum atomic E-state index is 12.2. The van der Waals surface area contributed by atoms with Crippen LogP contribution in [-0.4, -0.2) is 58.4 Å². The van der Waals surface area contributed by atoms with Crippen molar-refractivity contribution >= 4 is 11.7 Å². The van der Waals surface area contributed by atoms with Crippen molar-refractivity contribution in [3.8, 4) is 17.2 Å². The van der Waals surface area contributed by atoms with Gasteiger partial charge in [0.05, 0.1) is 27.0 Å². The summed E-state index contributed by atoms with van der Waals surface area (Å²) in [6.45, 7) is 2.64. The van der Waals surface area contributed by atoms with E-state index in [1.54, 1.807) is 17.0 Å². The molecule has 1 N–H and O–H groups in total. The Bertz CT molecular complexity index is 476. The molecular formula is C14H20N3O4. The van der Waals surface area contributed by atoms with Crippen LogP contribution in [0.3, 0.4) is 0 Å². The molecule has 0 atom stereocenters. The first-order valence-corrected chi connectivity index (χ1v) is 6.68. The molecule has 1 saturated heterocycles. The number of amides is 2. The first-order valence-electron chi connectivity index (χ1n) is 6.68. The number of piperazine rings is 1. The van der Waals surface area contributed by atoms with Crippen LogP contribution in [0.25, 0.3) is 0 Å². The van der Waals surface area contributed by atoms with Crippen molar-refractivity contribution in [3.05, 3.63) is 12.1 Å². The number of carbonyl (C=O) groups is 1. The number of nitrogens with zero attached hydrogens (tertiary/aromatic N) is 2. The van der Waals surface area contributed by atoms with Crippen LogP contribution < -0.4 is 24.8 Å². The molecule has 1 aromatic rings. The van der Waals surface area contributed by atoms with Crippen molar-refractivity contribution in [1.29, 1.82) is 0 Å². The molecule has 21 heavy (non-hydrogen) atoms. The van der Waals surface area contributed by atoms with Crippen LogP contribution in [0.5, 0.6) is 17.2 Å². The number of rotatable bonds is 4. The second-order valence-electron chi connectivity index (χ2n) is 4.50. The maximum Gasteiger partial charge on any atom is 0.321 e. The average Bonchev–Trinajstić information content (AvgIpc) is 2.54. The molecular weight excluding hydrogens is 274 g/mol. The van der Waals surface area contributed by atoms with Crippen molar-refractivity contribution in [2.45, 2.75) is 0 Å². The molecule has 1 radical (unpaired) electrons. The van der Waals surface area contributed by atoms with Crippen molar-refractivity contribution in [2.75, 3.05) is 52.8 Å². The molecule has 2 amide bonds. The summed E-state index contributed by atoms with van der Waals surface area (Å²) in [4.78, 5) is 13.9. The summed E-state index contributed by atoms with van der Waals surface area (Å²) in [6.07, 6.45) is 0. The second kappa shape index (κ2) is 7.03. The summed E-state index contributed by atoms with van der Waals surface area (Å²) in [5, 5.41) is 7.06. The fourth-order valence-electron chi connectivity index (χ4n) is 2.17. The highest BCUT2D eigenvalue weighted by molar-refractivity contribution is 5.90. The zero-order valence-electron chi connectivity index (χ0n) is 12.5. The van der Waals surface area contributed by atoms with Gasteiger partial charge in [-0.25, -0.2) is 10.1 Å². The van der Waals surface area contributed by atoms with Gasteiger partial charge in [0.15, 0.2) is 11.5 Å². The summed E-state index contributed by atoms with van der Waals surface area (Å²) < 4.78 is 15.8. The number of carbonyl (C=O) groups excluding carboxylic acids is 1. The Kier molecular flexibility index (Phi) is 5.10. The molecule has 0 saturated carbocycles. The molecule has 2 rings (SSSR count). The fraction of sp³-hybridized carbons (Fsp3) is 0.500. The molecule has 7 heteroatoms. The van der Waals surface area contributed by atoms with Gasteiger partial charge in [-0.3, -0.25) is 0 Å². The Hall–Kier alpha value is -2.15. The Labute approximate surface area is 124 Å². The maximum absolute atomic E-state index is 12.2. The molecule has 115 valence electrons. The van der Waals surface area contributed by atoms with E-state index in [9.17, 15) is 4.79 Å². The van der Waals surface area contributed by atoms with E-state index in [2.05, 4.69) is 10.6 Å². The molecule has 1 aliphatic heterocycles. The molecule has 0 bridgehead atoms. The highest BCUT2D eigenvalue weighted by atomic mass is 16.5. The standard InChI is InChI=1S/C14H20N3O4/c1-19-11-8-10(9-12(20-2)13(11)21-3)16-14(18)17-6-4-15-5-7-17/h8-9H,4-7H2,1-3H3,(H,16,18). The van der Waals surface area contributed by atoms with Gasteiger partial charge in [0.1, 0.15) is 0 Å². The lowest BCUT2D eigenvalue weighted by Crippen LogP contribution is -2.45. The Morgan fingerprint density at radius 3 is 2.14 bits per heavy atom. The number of benzene rings is 1. The smallest absolute Gasteiger partial charge is 0.321 e. The molecule has 7 nitrogen and oxygen atoms in total. The Morgan fingerprint density at radius 2 is 1.67 bits per heavy atom. The van der Waals surface area contributed by atoms with Crippen LogP contribution in [-0.2, 0) is 0 Å². The van der Waals surface area contributed by atoms with Crippen LogP contribution in [0, 0.1) is 0 Å². The molecule has 0 unspecified atom stereocenters. The number of methoxy groups -OCH3 is 3. The van der Waals surface area contributed by atoms with E-state index in [-0.39, 0.29) is 6.03 Å². The van der Waals surface area contributed by atoms with E-state index in [1.807, 2.05) is 0 Å². The van der Waals surface area contributed by atoms with Gasteiger partial charge in [0.25, 0.3) is 0 Å². The molecule has 1 fully saturated rings. The molecule has 1 heterocycles. The normalized spacial score (nSPS) is 14.5. The highest BCUT2D eigenvalue weighted by Gasteiger charge is 2.19. The van der Waals surface area contributed by atoms with Crippen LogP contribution in [0.4, 0.5) is 10.5 Å². The van der Waals surface area contributed by atoms with E-state index in [0.29, 0.717) is 49.1 Å². The Morgan fingerprint density at radius 1 is 1.10 bits per heavy atom. The third-order valence-corrected chi connectivity index (χ3v) is 3.26. The van der Waals surface area contributed by atoms with E-state index in [1.165, 1.54) is 21.3 Å².